The lowest BCUT2D eigenvalue weighted by atomic mass is 10.0. The molecule has 1 aromatic carbocycles. The number of H-pyrrole nitrogens is 1. The van der Waals surface area contributed by atoms with E-state index in [1.54, 1.807) is 0 Å². The molecule has 17 heavy (non-hydrogen) atoms. The standard InChI is InChI=1S/C13H14N2O2/c1-9-4-3-5-10(2)11(9)8-15-12(16)6-7-14-13(15)17/h3-7H,8H2,1-2H3,(H,14,17). The second-order valence-corrected chi connectivity index (χ2v) is 4.08. The van der Waals surface area contributed by atoms with Gasteiger partial charge in [-0.3, -0.25) is 9.36 Å². The quantitative estimate of drug-likeness (QED) is 0.842. The molecule has 2 rings (SSSR count). The van der Waals surface area contributed by atoms with Crippen LogP contribution in [-0.2, 0) is 6.54 Å². The fraction of sp³-hybridized carbons (Fsp3) is 0.231. The Kier molecular flexibility index (Phi) is 2.95. The number of nitrogens with zero attached hydrogens (tertiary/aromatic N) is 1. The summed E-state index contributed by atoms with van der Waals surface area (Å²) in [5.41, 5.74) is 2.53. The fourth-order valence-corrected chi connectivity index (χ4v) is 1.86. The summed E-state index contributed by atoms with van der Waals surface area (Å²) in [6.45, 7) is 4.27. The van der Waals surface area contributed by atoms with Crippen LogP contribution in [0.1, 0.15) is 16.7 Å². The van der Waals surface area contributed by atoms with Crippen LogP contribution in [0.25, 0.3) is 0 Å². The molecule has 0 unspecified atom stereocenters. The van der Waals surface area contributed by atoms with Crippen molar-refractivity contribution in [2.24, 2.45) is 0 Å². The third-order valence-corrected chi connectivity index (χ3v) is 2.90. The maximum atomic E-state index is 11.6. The van der Waals surface area contributed by atoms with E-state index in [1.165, 1.54) is 16.8 Å². The molecule has 0 amide bonds. The maximum absolute atomic E-state index is 11.6. The van der Waals surface area contributed by atoms with Crippen LogP contribution in [0.4, 0.5) is 0 Å². The molecule has 88 valence electrons. The lowest BCUT2D eigenvalue weighted by molar-refractivity contribution is 0.693. The van der Waals surface area contributed by atoms with Crippen LogP contribution in [-0.4, -0.2) is 9.55 Å². The number of aryl methyl sites for hydroxylation is 2. The van der Waals surface area contributed by atoms with Crippen molar-refractivity contribution in [2.45, 2.75) is 20.4 Å². The average Bonchev–Trinajstić information content (AvgIpc) is 2.27. The highest BCUT2D eigenvalue weighted by molar-refractivity contribution is 5.33. The summed E-state index contributed by atoms with van der Waals surface area (Å²) in [7, 11) is 0. The maximum Gasteiger partial charge on any atom is 0.328 e. The first-order valence-electron chi connectivity index (χ1n) is 5.43. The van der Waals surface area contributed by atoms with Crippen molar-refractivity contribution in [1.29, 1.82) is 0 Å². The third kappa shape index (κ3) is 2.20. The Morgan fingerprint density at radius 1 is 1.12 bits per heavy atom. The minimum absolute atomic E-state index is 0.281. The largest absolute Gasteiger partial charge is 0.328 e. The van der Waals surface area contributed by atoms with Gasteiger partial charge in [-0.05, 0) is 30.5 Å². The molecular weight excluding hydrogens is 216 g/mol. The van der Waals surface area contributed by atoms with E-state index in [0.29, 0.717) is 6.54 Å². The Hall–Kier alpha value is -2.10. The minimum Gasteiger partial charge on any atom is -0.314 e. The molecule has 0 spiro atoms. The molecule has 4 nitrogen and oxygen atoms in total. The second kappa shape index (κ2) is 4.41. The fourth-order valence-electron chi connectivity index (χ4n) is 1.86. The van der Waals surface area contributed by atoms with E-state index in [9.17, 15) is 9.59 Å². The van der Waals surface area contributed by atoms with Crippen LogP contribution in [0.3, 0.4) is 0 Å². The molecule has 0 aliphatic carbocycles. The molecule has 1 aromatic heterocycles. The molecule has 0 saturated heterocycles. The van der Waals surface area contributed by atoms with E-state index in [1.807, 2.05) is 32.0 Å². The predicted octanol–water partition coefficient (Wildman–Crippen LogP) is 1.20. The van der Waals surface area contributed by atoms with Gasteiger partial charge in [-0.25, -0.2) is 4.79 Å². The zero-order valence-corrected chi connectivity index (χ0v) is 9.86. The summed E-state index contributed by atoms with van der Waals surface area (Å²) < 4.78 is 1.20. The van der Waals surface area contributed by atoms with Gasteiger partial charge in [0.2, 0.25) is 0 Å². The molecule has 0 aliphatic heterocycles. The van der Waals surface area contributed by atoms with Crippen molar-refractivity contribution in [3.8, 4) is 0 Å². The first-order valence-corrected chi connectivity index (χ1v) is 5.43. The normalized spacial score (nSPS) is 10.5. The first kappa shape index (κ1) is 11.4. The van der Waals surface area contributed by atoms with Crippen LogP contribution >= 0.6 is 0 Å². The molecule has 0 fully saturated rings. The van der Waals surface area contributed by atoms with Gasteiger partial charge < -0.3 is 4.98 Å². The molecular formula is C13H14N2O2. The van der Waals surface area contributed by atoms with Crippen molar-refractivity contribution in [1.82, 2.24) is 9.55 Å². The molecule has 1 heterocycles. The van der Waals surface area contributed by atoms with Gasteiger partial charge in [-0.1, -0.05) is 18.2 Å². The number of aromatic nitrogens is 2. The molecule has 0 bridgehead atoms. The molecule has 2 aromatic rings. The number of hydrogen-bond acceptors (Lipinski definition) is 2. The van der Waals surface area contributed by atoms with Gasteiger partial charge in [0.15, 0.2) is 0 Å². The van der Waals surface area contributed by atoms with E-state index in [0.717, 1.165) is 16.7 Å². The SMILES string of the molecule is Cc1cccc(C)c1Cn1c(=O)cc[nH]c1=O. The van der Waals surface area contributed by atoms with Gasteiger partial charge >= 0.3 is 5.69 Å². The van der Waals surface area contributed by atoms with E-state index < -0.39 is 0 Å². The van der Waals surface area contributed by atoms with Crippen LogP contribution in [0.15, 0.2) is 40.1 Å². The van der Waals surface area contributed by atoms with Gasteiger partial charge in [0.1, 0.15) is 0 Å². The van der Waals surface area contributed by atoms with Crippen molar-refractivity contribution >= 4 is 0 Å². The smallest absolute Gasteiger partial charge is 0.314 e. The van der Waals surface area contributed by atoms with Crippen molar-refractivity contribution < 1.29 is 0 Å². The number of rotatable bonds is 2. The predicted molar refractivity (Wildman–Crippen MR) is 66.3 cm³/mol. The first-order chi connectivity index (χ1) is 8.09. The van der Waals surface area contributed by atoms with E-state index in [2.05, 4.69) is 4.98 Å². The van der Waals surface area contributed by atoms with Crippen molar-refractivity contribution in [3.05, 3.63) is 68.0 Å². The van der Waals surface area contributed by atoms with E-state index in [-0.39, 0.29) is 11.2 Å². The molecule has 4 heteroatoms. The van der Waals surface area contributed by atoms with Gasteiger partial charge in [-0.2, -0.15) is 0 Å². The summed E-state index contributed by atoms with van der Waals surface area (Å²) in [5, 5.41) is 0. The summed E-state index contributed by atoms with van der Waals surface area (Å²) in [6.07, 6.45) is 1.37. The molecule has 0 atom stereocenters. The highest BCUT2D eigenvalue weighted by Gasteiger charge is 2.06. The highest BCUT2D eigenvalue weighted by atomic mass is 16.2. The second-order valence-electron chi connectivity index (χ2n) is 4.08. The average molecular weight is 230 g/mol. The van der Waals surface area contributed by atoms with Gasteiger partial charge in [-0.15, -0.1) is 0 Å². The number of hydrogen-bond donors (Lipinski definition) is 1. The van der Waals surface area contributed by atoms with Crippen LogP contribution < -0.4 is 11.2 Å². The molecule has 0 radical (unpaired) electrons. The Balaban J connectivity index is 2.53. The molecule has 0 saturated carbocycles. The van der Waals surface area contributed by atoms with E-state index >= 15 is 0 Å². The topological polar surface area (TPSA) is 54.9 Å². The van der Waals surface area contributed by atoms with Gasteiger partial charge in [0.05, 0.1) is 6.54 Å². The van der Waals surface area contributed by atoms with Crippen LogP contribution in [0.5, 0.6) is 0 Å². The number of benzene rings is 1. The lowest BCUT2D eigenvalue weighted by Gasteiger charge is -2.10. The van der Waals surface area contributed by atoms with Crippen molar-refractivity contribution in [2.75, 3.05) is 0 Å². The van der Waals surface area contributed by atoms with Crippen LogP contribution in [0.2, 0.25) is 0 Å². The summed E-state index contributed by atoms with van der Waals surface area (Å²) in [4.78, 5) is 25.7. The summed E-state index contributed by atoms with van der Waals surface area (Å²) in [5.74, 6) is 0. The number of aromatic amines is 1. The van der Waals surface area contributed by atoms with Crippen LogP contribution in [0, 0.1) is 13.8 Å². The lowest BCUT2D eigenvalue weighted by Crippen LogP contribution is -2.34. The summed E-state index contributed by atoms with van der Waals surface area (Å²) in [6, 6.07) is 7.27. The Labute approximate surface area is 98.6 Å². The monoisotopic (exact) mass is 230 g/mol. The van der Waals surface area contributed by atoms with Crippen molar-refractivity contribution in [3.63, 3.8) is 0 Å². The Bertz CT molecular complexity index is 604. The molecule has 1 N–H and O–H groups in total. The highest BCUT2D eigenvalue weighted by Crippen LogP contribution is 2.13. The zero-order chi connectivity index (χ0) is 12.4. The van der Waals surface area contributed by atoms with E-state index in [4.69, 9.17) is 0 Å². The Morgan fingerprint density at radius 2 is 1.76 bits per heavy atom. The van der Waals surface area contributed by atoms with Gasteiger partial charge in [0.25, 0.3) is 5.56 Å². The van der Waals surface area contributed by atoms with Gasteiger partial charge in [0, 0.05) is 12.3 Å². The Morgan fingerprint density at radius 3 is 2.35 bits per heavy atom. The zero-order valence-electron chi connectivity index (χ0n) is 9.86. The third-order valence-electron chi connectivity index (χ3n) is 2.90. The molecule has 0 aliphatic rings. The minimum atomic E-state index is -0.375. The summed E-state index contributed by atoms with van der Waals surface area (Å²) >= 11 is 0. The number of nitrogens with one attached hydrogen (secondary N) is 1.